The Hall–Kier alpha value is -0.350. The van der Waals surface area contributed by atoms with Crippen molar-refractivity contribution in [1.82, 2.24) is 14.8 Å². The first-order chi connectivity index (χ1) is 9.60. The molecule has 20 heavy (non-hydrogen) atoms. The standard InChI is InChI=1S/C15H25Cl2N3/c1-4-19(5-2)10-7-11-20(6-3)12-14-13(16)8-9-15(17)18-14/h8-9H,4-7,10-12H2,1-3H3. The molecule has 0 saturated carbocycles. The molecule has 0 atom stereocenters. The Balaban J connectivity index is 2.48. The SMILES string of the molecule is CCN(CC)CCCN(CC)Cc1nc(Cl)ccc1Cl. The fourth-order valence-electron chi connectivity index (χ4n) is 2.19. The van der Waals surface area contributed by atoms with E-state index >= 15 is 0 Å². The molecule has 0 N–H and O–H groups in total. The molecule has 0 aliphatic rings. The molecule has 0 unspecified atom stereocenters. The van der Waals surface area contributed by atoms with E-state index in [1.54, 1.807) is 6.07 Å². The van der Waals surface area contributed by atoms with Crippen LogP contribution in [-0.2, 0) is 6.54 Å². The van der Waals surface area contributed by atoms with Crippen LogP contribution in [0.5, 0.6) is 0 Å². The molecule has 0 radical (unpaired) electrons. The van der Waals surface area contributed by atoms with Crippen molar-refractivity contribution in [1.29, 1.82) is 0 Å². The normalized spacial score (nSPS) is 11.6. The van der Waals surface area contributed by atoms with E-state index in [4.69, 9.17) is 23.2 Å². The molecule has 3 nitrogen and oxygen atoms in total. The summed E-state index contributed by atoms with van der Waals surface area (Å²) in [5.74, 6) is 0. The summed E-state index contributed by atoms with van der Waals surface area (Å²) >= 11 is 12.1. The van der Waals surface area contributed by atoms with Gasteiger partial charge >= 0.3 is 0 Å². The Bertz CT molecular complexity index is 395. The lowest BCUT2D eigenvalue weighted by Crippen LogP contribution is -2.30. The van der Waals surface area contributed by atoms with Crippen LogP contribution in [0.4, 0.5) is 0 Å². The zero-order valence-corrected chi connectivity index (χ0v) is 14.2. The average molecular weight is 318 g/mol. The topological polar surface area (TPSA) is 19.4 Å². The molecule has 0 aromatic carbocycles. The van der Waals surface area contributed by atoms with Crippen LogP contribution in [0.3, 0.4) is 0 Å². The van der Waals surface area contributed by atoms with E-state index in [0.717, 1.165) is 51.4 Å². The second-order valence-corrected chi connectivity index (χ2v) is 5.61. The lowest BCUT2D eigenvalue weighted by Gasteiger charge is -2.23. The van der Waals surface area contributed by atoms with E-state index in [2.05, 4.69) is 35.6 Å². The molecule has 0 aliphatic heterocycles. The van der Waals surface area contributed by atoms with Gasteiger partial charge in [-0.05, 0) is 51.3 Å². The van der Waals surface area contributed by atoms with E-state index in [1.165, 1.54) is 0 Å². The first kappa shape index (κ1) is 17.7. The minimum Gasteiger partial charge on any atom is -0.304 e. The Labute approximate surface area is 132 Å². The monoisotopic (exact) mass is 317 g/mol. The van der Waals surface area contributed by atoms with Crippen LogP contribution in [0, 0.1) is 0 Å². The van der Waals surface area contributed by atoms with E-state index < -0.39 is 0 Å². The Kier molecular flexibility index (Phi) is 8.46. The molecule has 0 saturated heterocycles. The summed E-state index contributed by atoms with van der Waals surface area (Å²) in [7, 11) is 0. The minimum absolute atomic E-state index is 0.503. The second kappa shape index (κ2) is 9.56. The first-order valence-corrected chi connectivity index (χ1v) is 8.11. The highest BCUT2D eigenvalue weighted by molar-refractivity contribution is 6.32. The molecule has 0 amide bonds. The van der Waals surface area contributed by atoms with Gasteiger partial charge in [0.15, 0.2) is 0 Å². The van der Waals surface area contributed by atoms with Gasteiger partial charge in [0, 0.05) is 6.54 Å². The molecule has 1 rings (SSSR count). The maximum absolute atomic E-state index is 6.17. The van der Waals surface area contributed by atoms with Gasteiger partial charge in [-0.2, -0.15) is 0 Å². The Morgan fingerprint density at radius 3 is 2.15 bits per heavy atom. The highest BCUT2D eigenvalue weighted by Crippen LogP contribution is 2.18. The fraction of sp³-hybridized carbons (Fsp3) is 0.667. The van der Waals surface area contributed by atoms with Gasteiger partial charge in [-0.25, -0.2) is 4.98 Å². The largest absolute Gasteiger partial charge is 0.304 e. The lowest BCUT2D eigenvalue weighted by molar-refractivity contribution is 0.237. The molecule has 0 spiro atoms. The Morgan fingerprint density at radius 2 is 1.55 bits per heavy atom. The molecule has 5 heteroatoms. The van der Waals surface area contributed by atoms with Gasteiger partial charge in [0.05, 0.1) is 10.7 Å². The summed E-state index contributed by atoms with van der Waals surface area (Å²) in [5.41, 5.74) is 0.865. The van der Waals surface area contributed by atoms with Gasteiger partial charge < -0.3 is 4.90 Å². The molecule has 1 aromatic heterocycles. The van der Waals surface area contributed by atoms with Crippen LogP contribution in [0.2, 0.25) is 10.2 Å². The van der Waals surface area contributed by atoms with Gasteiger partial charge in [-0.1, -0.05) is 44.0 Å². The summed E-state index contributed by atoms with van der Waals surface area (Å²) in [6, 6.07) is 3.54. The van der Waals surface area contributed by atoms with Crippen molar-refractivity contribution in [3.05, 3.63) is 28.0 Å². The van der Waals surface area contributed by atoms with Crippen molar-refractivity contribution < 1.29 is 0 Å². The second-order valence-electron chi connectivity index (χ2n) is 4.81. The van der Waals surface area contributed by atoms with Crippen molar-refractivity contribution in [2.45, 2.75) is 33.7 Å². The highest BCUT2D eigenvalue weighted by atomic mass is 35.5. The summed E-state index contributed by atoms with van der Waals surface area (Å²) in [4.78, 5) is 9.12. The van der Waals surface area contributed by atoms with Crippen LogP contribution in [0.15, 0.2) is 12.1 Å². The van der Waals surface area contributed by atoms with E-state index in [9.17, 15) is 0 Å². The molecular weight excluding hydrogens is 293 g/mol. The highest BCUT2D eigenvalue weighted by Gasteiger charge is 2.09. The molecule has 0 aliphatic carbocycles. The summed E-state index contributed by atoms with van der Waals surface area (Å²) in [5, 5.41) is 1.19. The molecule has 0 bridgehead atoms. The van der Waals surface area contributed by atoms with Crippen molar-refractivity contribution in [2.24, 2.45) is 0 Å². The molecule has 114 valence electrons. The summed E-state index contributed by atoms with van der Waals surface area (Å²) < 4.78 is 0. The number of halogens is 2. The van der Waals surface area contributed by atoms with E-state index in [0.29, 0.717) is 10.2 Å². The molecule has 0 fully saturated rings. The lowest BCUT2D eigenvalue weighted by atomic mass is 10.3. The van der Waals surface area contributed by atoms with Crippen LogP contribution in [0.25, 0.3) is 0 Å². The first-order valence-electron chi connectivity index (χ1n) is 7.36. The van der Waals surface area contributed by atoms with Gasteiger partial charge in [-0.15, -0.1) is 0 Å². The third-order valence-corrected chi connectivity index (χ3v) is 4.10. The maximum Gasteiger partial charge on any atom is 0.129 e. The van der Waals surface area contributed by atoms with Crippen LogP contribution in [0.1, 0.15) is 32.9 Å². The zero-order chi connectivity index (χ0) is 15.0. The number of aromatic nitrogens is 1. The van der Waals surface area contributed by atoms with E-state index in [-0.39, 0.29) is 0 Å². The van der Waals surface area contributed by atoms with Gasteiger partial charge in [-0.3, -0.25) is 4.90 Å². The molecule has 1 aromatic rings. The summed E-state index contributed by atoms with van der Waals surface area (Å²) in [6.45, 7) is 12.7. The number of hydrogen-bond acceptors (Lipinski definition) is 3. The Morgan fingerprint density at radius 1 is 0.950 bits per heavy atom. The van der Waals surface area contributed by atoms with Crippen LogP contribution < -0.4 is 0 Å². The average Bonchev–Trinajstić information content (AvgIpc) is 2.46. The number of pyridine rings is 1. The van der Waals surface area contributed by atoms with Gasteiger partial charge in [0.2, 0.25) is 0 Å². The number of hydrogen-bond donors (Lipinski definition) is 0. The number of rotatable bonds is 9. The minimum atomic E-state index is 0.503. The van der Waals surface area contributed by atoms with Gasteiger partial charge in [0.1, 0.15) is 5.15 Å². The van der Waals surface area contributed by atoms with E-state index in [1.807, 2.05) is 6.07 Å². The van der Waals surface area contributed by atoms with Crippen molar-refractivity contribution in [3.8, 4) is 0 Å². The third-order valence-electron chi connectivity index (χ3n) is 3.55. The van der Waals surface area contributed by atoms with Gasteiger partial charge in [0.25, 0.3) is 0 Å². The smallest absolute Gasteiger partial charge is 0.129 e. The predicted octanol–water partition coefficient (Wildman–Crippen LogP) is 3.94. The molecular formula is C15H25Cl2N3. The van der Waals surface area contributed by atoms with Crippen LogP contribution in [-0.4, -0.2) is 47.5 Å². The predicted molar refractivity (Wildman–Crippen MR) is 87.6 cm³/mol. The number of nitrogens with zero attached hydrogens (tertiary/aromatic N) is 3. The summed E-state index contributed by atoms with van der Waals surface area (Å²) in [6.07, 6.45) is 1.16. The van der Waals surface area contributed by atoms with Crippen molar-refractivity contribution >= 4 is 23.2 Å². The quantitative estimate of drug-likeness (QED) is 0.643. The zero-order valence-electron chi connectivity index (χ0n) is 12.7. The molecule has 1 heterocycles. The van der Waals surface area contributed by atoms with Crippen molar-refractivity contribution in [3.63, 3.8) is 0 Å². The maximum atomic E-state index is 6.17. The fourth-order valence-corrected chi connectivity index (χ4v) is 2.52. The van der Waals surface area contributed by atoms with Crippen molar-refractivity contribution in [2.75, 3.05) is 32.7 Å². The van der Waals surface area contributed by atoms with Crippen LogP contribution >= 0.6 is 23.2 Å². The third kappa shape index (κ3) is 5.96.